The van der Waals surface area contributed by atoms with Gasteiger partial charge in [0.1, 0.15) is 0 Å². The maximum Gasteiger partial charge on any atom is 0.235 e. The van der Waals surface area contributed by atoms with Crippen molar-refractivity contribution in [2.75, 3.05) is 5.32 Å². The number of fused-ring (bicyclic) bond motifs is 3. The summed E-state index contributed by atoms with van der Waals surface area (Å²) in [7, 11) is 0. The van der Waals surface area contributed by atoms with Crippen molar-refractivity contribution in [1.82, 2.24) is 10.2 Å². The van der Waals surface area contributed by atoms with Crippen LogP contribution >= 0.6 is 0 Å². The van der Waals surface area contributed by atoms with E-state index in [0.717, 1.165) is 12.1 Å². The number of benzene rings is 2. The van der Waals surface area contributed by atoms with Crippen molar-refractivity contribution in [3.63, 3.8) is 0 Å². The van der Waals surface area contributed by atoms with E-state index in [1.54, 1.807) is 6.92 Å². The number of nitrogens with one attached hydrogen (secondary N) is 1. The standard InChI is InChI=1S/C17H15N3O/c1-11-19-20-17(21-11)10-18-14-6-7-16-13(9-14)8-12-4-2-3-5-15(12)16/h2-7,9,18H,8,10H2,1H3. The second kappa shape index (κ2) is 4.74. The third-order valence-corrected chi connectivity index (χ3v) is 3.81. The largest absolute Gasteiger partial charge is 0.424 e. The first-order chi connectivity index (χ1) is 10.3. The van der Waals surface area contributed by atoms with Gasteiger partial charge in [-0.3, -0.25) is 0 Å². The Morgan fingerprint density at radius 1 is 1.05 bits per heavy atom. The molecule has 0 radical (unpaired) electrons. The molecule has 1 aliphatic rings. The fourth-order valence-electron chi connectivity index (χ4n) is 2.84. The SMILES string of the molecule is Cc1nnc(CNc2ccc3c(c2)Cc2ccccc2-3)o1. The monoisotopic (exact) mass is 277 g/mol. The van der Waals surface area contributed by atoms with Crippen LogP contribution in [0.2, 0.25) is 0 Å². The van der Waals surface area contributed by atoms with E-state index in [9.17, 15) is 0 Å². The van der Waals surface area contributed by atoms with Gasteiger partial charge in [-0.2, -0.15) is 0 Å². The molecular weight excluding hydrogens is 262 g/mol. The molecule has 0 unspecified atom stereocenters. The highest BCUT2D eigenvalue weighted by molar-refractivity contribution is 5.78. The van der Waals surface area contributed by atoms with Gasteiger partial charge in [0.15, 0.2) is 0 Å². The van der Waals surface area contributed by atoms with E-state index in [-0.39, 0.29) is 0 Å². The Morgan fingerprint density at radius 2 is 1.90 bits per heavy atom. The molecule has 3 aromatic rings. The summed E-state index contributed by atoms with van der Waals surface area (Å²) in [6.45, 7) is 2.34. The minimum atomic E-state index is 0.548. The van der Waals surface area contributed by atoms with Crippen molar-refractivity contribution < 1.29 is 4.42 Å². The lowest BCUT2D eigenvalue weighted by Crippen LogP contribution is -2.00. The molecule has 0 fully saturated rings. The van der Waals surface area contributed by atoms with E-state index in [1.807, 2.05) is 0 Å². The van der Waals surface area contributed by atoms with Gasteiger partial charge in [0.05, 0.1) is 6.54 Å². The van der Waals surface area contributed by atoms with Crippen LogP contribution in [0.5, 0.6) is 0 Å². The summed E-state index contributed by atoms with van der Waals surface area (Å²) in [6.07, 6.45) is 1.00. The van der Waals surface area contributed by atoms with Gasteiger partial charge < -0.3 is 9.73 Å². The lowest BCUT2D eigenvalue weighted by atomic mass is 10.1. The predicted octanol–water partition coefficient (Wildman–Crippen LogP) is 3.56. The van der Waals surface area contributed by atoms with Gasteiger partial charge in [-0.1, -0.05) is 30.3 Å². The lowest BCUT2D eigenvalue weighted by molar-refractivity contribution is 0.475. The van der Waals surface area contributed by atoms with Crippen LogP contribution in [0, 0.1) is 6.92 Å². The minimum absolute atomic E-state index is 0.548. The van der Waals surface area contributed by atoms with E-state index in [2.05, 4.69) is 58.0 Å². The van der Waals surface area contributed by atoms with Crippen LogP contribution < -0.4 is 5.32 Å². The van der Waals surface area contributed by atoms with Gasteiger partial charge >= 0.3 is 0 Å². The molecule has 0 spiro atoms. The van der Waals surface area contributed by atoms with Crippen molar-refractivity contribution >= 4 is 5.69 Å². The average Bonchev–Trinajstić information content (AvgIpc) is 3.07. The first kappa shape index (κ1) is 12.1. The van der Waals surface area contributed by atoms with Crippen LogP contribution in [0.3, 0.4) is 0 Å². The molecule has 21 heavy (non-hydrogen) atoms. The Labute approximate surface area is 122 Å². The molecular formula is C17H15N3O. The van der Waals surface area contributed by atoms with E-state index in [4.69, 9.17) is 4.42 Å². The quantitative estimate of drug-likeness (QED) is 0.622. The van der Waals surface area contributed by atoms with E-state index in [0.29, 0.717) is 18.3 Å². The third kappa shape index (κ3) is 2.18. The Balaban J connectivity index is 1.56. The normalized spacial score (nSPS) is 12.0. The van der Waals surface area contributed by atoms with Gasteiger partial charge in [-0.05, 0) is 40.8 Å². The summed E-state index contributed by atoms with van der Waals surface area (Å²) in [5.74, 6) is 1.20. The van der Waals surface area contributed by atoms with Crippen molar-refractivity contribution in [3.8, 4) is 11.1 Å². The van der Waals surface area contributed by atoms with Gasteiger partial charge in [0.2, 0.25) is 11.8 Å². The van der Waals surface area contributed by atoms with Crippen molar-refractivity contribution in [1.29, 1.82) is 0 Å². The highest BCUT2D eigenvalue weighted by Gasteiger charge is 2.17. The maximum absolute atomic E-state index is 5.36. The smallest absolute Gasteiger partial charge is 0.235 e. The number of hydrogen-bond donors (Lipinski definition) is 1. The Hall–Kier alpha value is -2.62. The molecule has 1 aliphatic carbocycles. The molecule has 0 atom stereocenters. The van der Waals surface area contributed by atoms with E-state index < -0.39 is 0 Å². The van der Waals surface area contributed by atoms with Crippen LogP contribution in [0.15, 0.2) is 46.9 Å². The zero-order valence-electron chi connectivity index (χ0n) is 11.8. The van der Waals surface area contributed by atoms with Gasteiger partial charge in [0, 0.05) is 12.6 Å². The number of aryl methyl sites for hydroxylation is 1. The molecule has 0 saturated carbocycles. The summed E-state index contributed by atoms with van der Waals surface area (Å²) in [4.78, 5) is 0. The van der Waals surface area contributed by atoms with Crippen molar-refractivity contribution in [2.24, 2.45) is 0 Å². The highest BCUT2D eigenvalue weighted by Crippen LogP contribution is 2.37. The fraction of sp³-hybridized carbons (Fsp3) is 0.176. The summed E-state index contributed by atoms with van der Waals surface area (Å²) in [6, 6.07) is 15.1. The van der Waals surface area contributed by atoms with Crippen LogP contribution in [-0.4, -0.2) is 10.2 Å². The predicted molar refractivity (Wildman–Crippen MR) is 81.0 cm³/mol. The molecule has 1 aromatic heterocycles. The summed E-state index contributed by atoms with van der Waals surface area (Å²) >= 11 is 0. The Morgan fingerprint density at radius 3 is 2.76 bits per heavy atom. The molecule has 4 heteroatoms. The second-order valence-corrected chi connectivity index (χ2v) is 5.27. The summed E-state index contributed by atoms with van der Waals surface area (Å²) in [5, 5.41) is 11.1. The molecule has 4 nitrogen and oxygen atoms in total. The number of nitrogens with zero attached hydrogens (tertiary/aromatic N) is 2. The van der Waals surface area contributed by atoms with Gasteiger partial charge in [0.25, 0.3) is 0 Å². The number of hydrogen-bond acceptors (Lipinski definition) is 4. The van der Waals surface area contributed by atoms with Crippen LogP contribution in [0.4, 0.5) is 5.69 Å². The Kier molecular flexibility index (Phi) is 2.74. The molecule has 1 N–H and O–H groups in total. The molecule has 104 valence electrons. The number of anilines is 1. The van der Waals surface area contributed by atoms with Crippen LogP contribution in [0.25, 0.3) is 11.1 Å². The van der Waals surface area contributed by atoms with E-state index in [1.165, 1.54) is 22.3 Å². The zero-order valence-corrected chi connectivity index (χ0v) is 11.8. The van der Waals surface area contributed by atoms with Gasteiger partial charge in [-0.25, -0.2) is 0 Å². The average molecular weight is 277 g/mol. The molecule has 0 saturated heterocycles. The summed E-state index contributed by atoms with van der Waals surface area (Å²) < 4.78 is 5.36. The Bertz CT molecular complexity index is 807. The number of rotatable bonds is 3. The van der Waals surface area contributed by atoms with Crippen LogP contribution in [-0.2, 0) is 13.0 Å². The topological polar surface area (TPSA) is 51.0 Å². The zero-order chi connectivity index (χ0) is 14.2. The number of aromatic nitrogens is 2. The molecule has 4 rings (SSSR count). The molecule has 0 amide bonds. The van der Waals surface area contributed by atoms with E-state index >= 15 is 0 Å². The molecule has 2 aromatic carbocycles. The fourth-order valence-corrected chi connectivity index (χ4v) is 2.84. The molecule has 0 bridgehead atoms. The van der Waals surface area contributed by atoms with Crippen molar-refractivity contribution in [3.05, 3.63) is 65.4 Å². The third-order valence-electron chi connectivity index (χ3n) is 3.81. The minimum Gasteiger partial charge on any atom is -0.424 e. The highest BCUT2D eigenvalue weighted by atomic mass is 16.4. The summed E-state index contributed by atoms with van der Waals surface area (Å²) in [5.41, 5.74) is 6.54. The van der Waals surface area contributed by atoms with Crippen LogP contribution in [0.1, 0.15) is 22.9 Å². The molecule has 0 aliphatic heterocycles. The van der Waals surface area contributed by atoms with Crippen molar-refractivity contribution in [2.45, 2.75) is 19.9 Å². The first-order valence-electron chi connectivity index (χ1n) is 7.04. The van der Waals surface area contributed by atoms with Gasteiger partial charge in [-0.15, -0.1) is 10.2 Å². The molecule has 1 heterocycles. The second-order valence-electron chi connectivity index (χ2n) is 5.27. The maximum atomic E-state index is 5.36. The lowest BCUT2D eigenvalue weighted by Gasteiger charge is -2.06. The first-order valence-corrected chi connectivity index (χ1v) is 7.04.